The Labute approximate surface area is 117 Å². The average Bonchev–Trinajstić information content (AvgIpc) is 2.68. The summed E-state index contributed by atoms with van der Waals surface area (Å²) in [6, 6.07) is 0. The molecule has 1 saturated heterocycles. The first-order chi connectivity index (χ1) is 9.15. The van der Waals surface area contributed by atoms with E-state index < -0.39 is 0 Å². The number of amides is 1. The van der Waals surface area contributed by atoms with Gasteiger partial charge in [-0.25, -0.2) is 9.50 Å². The Morgan fingerprint density at radius 3 is 3.11 bits per heavy atom. The predicted molar refractivity (Wildman–Crippen MR) is 73.4 cm³/mol. The molecule has 1 fully saturated rings. The van der Waals surface area contributed by atoms with Gasteiger partial charge in [-0.2, -0.15) is 5.10 Å². The van der Waals surface area contributed by atoms with Crippen LogP contribution in [-0.4, -0.2) is 45.0 Å². The van der Waals surface area contributed by atoms with Crippen molar-refractivity contribution >= 4 is 33.2 Å². The maximum atomic E-state index is 11.4. The zero-order valence-corrected chi connectivity index (χ0v) is 11.7. The molecule has 3 heterocycles. The number of rotatable bonds is 2. The molecule has 3 N–H and O–H groups in total. The van der Waals surface area contributed by atoms with E-state index >= 15 is 0 Å². The number of aromatic nitrogens is 3. The van der Waals surface area contributed by atoms with Gasteiger partial charge >= 0.3 is 0 Å². The summed E-state index contributed by atoms with van der Waals surface area (Å²) in [5, 5.41) is 6.94. The third-order valence-electron chi connectivity index (χ3n) is 3.12. The molecule has 0 radical (unpaired) electrons. The number of nitrogens with one attached hydrogen (secondary N) is 1. The molecule has 1 amide bonds. The lowest BCUT2D eigenvalue weighted by molar-refractivity contribution is -0.124. The van der Waals surface area contributed by atoms with Crippen LogP contribution in [0.3, 0.4) is 0 Å². The normalized spacial score (nSPS) is 16.8. The highest BCUT2D eigenvalue weighted by atomic mass is 79.9. The summed E-state index contributed by atoms with van der Waals surface area (Å²) in [6.07, 6.45) is 3.33. The van der Waals surface area contributed by atoms with Crippen molar-refractivity contribution in [3.63, 3.8) is 0 Å². The lowest BCUT2D eigenvalue weighted by Crippen LogP contribution is -2.47. The van der Waals surface area contributed by atoms with Crippen LogP contribution in [0.2, 0.25) is 0 Å². The molecule has 2 aromatic rings. The summed E-state index contributed by atoms with van der Waals surface area (Å²) < 4.78 is 2.59. The summed E-state index contributed by atoms with van der Waals surface area (Å²) >= 11 is 3.54. The van der Waals surface area contributed by atoms with Crippen molar-refractivity contribution in [3.05, 3.63) is 22.6 Å². The van der Waals surface area contributed by atoms with E-state index in [1.807, 2.05) is 6.20 Å². The Hall–Kier alpha value is -1.67. The Bertz CT molecular complexity index is 639. The molecule has 1 aliphatic heterocycles. The molecule has 0 spiro atoms. The average molecular weight is 325 g/mol. The molecule has 100 valence electrons. The maximum absolute atomic E-state index is 11.4. The monoisotopic (exact) mass is 324 g/mol. The van der Waals surface area contributed by atoms with Gasteiger partial charge in [0.15, 0.2) is 5.82 Å². The second kappa shape index (κ2) is 4.78. The highest BCUT2D eigenvalue weighted by Gasteiger charge is 2.19. The van der Waals surface area contributed by atoms with Crippen LogP contribution in [0.4, 0.5) is 5.82 Å². The molecule has 1 aliphatic rings. The van der Waals surface area contributed by atoms with E-state index in [1.165, 1.54) is 6.33 Å². The van der Waals surface area contributed by atoms with Gasteiger partial charge < -0.3 is 11.1 Å². The number of nitrogens with zero attached hydrogens (tertiary/aromatic N) is 4. The molecule has 7 nitrogen and oxygen atoms in total. The van der Waals surface area contributed by atoms with Gasteiger partial charge in [0.25, 0.3) is 0 Å². The molecule has 0 aliphatic carbocycles. The van der Waals surface area contributed by atoms with Gasteiger partial charge in [-0.15, -0.1) is 0 Å². The standard InChI is InChI=1S/C11H13BrN6O/c12-9-7(3-17-2-1-14-8(19)5-17)4-18-10(9)11(13)15-6-16-18/h4,6H,1-3,5H2,(H,14,19)(H2,13,15,16). The van der Waals surface area contributed by atoms with Gasteiger partial charge in [0, 0.05) is 31.4 Å². The number of piperazine rings is 1. The van der Waals surface area contributed by atoms with Gasteiger partial charge in [-0.05, 0) is 15.9 Å². The fourth-order valence-electron chi connectivity index (χ4n) is 2.22. The fraction of sp³-hybridized carbons (Fsp3) is 0.364. The summed E-state index contributed by atoms with van der Waals surface area (Å²) in [4.78, 5) is 17.4. The molecule has 19 heavy (non-hydrogen) atoms. The predicted octanol–water partition coefficient (Wildman–Crippen LogP) is 0.00580. The zero-order valence-electron chi connectivity index (χ0n) is 10.1. The number of halogens is 1. The lowest BCUT2D eigenvalue weighted by atomic mass is 10.2. The van der Waals surface area contributed by atoms with Crippen molar-refractivity contribution in [2.24, 2.45) is 0 Å². The van der Waals surface area contributed by atoms with Gasteiger partial charge in [0.05, 0.1) is 11.0 Å². The second-order valence-corrected chi connectivity index (χ2v) is 5.26. The van der Waals surface area contributed by atoms with E-state index in [0.717, 1.165) is 22.1 Å². The number of nitrogen functional groups attached to an aromatic ring is 1. The Kier molecular flexibility index (Phi) is 3.11. The number of fused-ring (bicyclic) bond motifs is 1. The van der Waals surface area contributed by atoms with Crippen LogP contribution in [0.25, 0.3) is 5.52 Å². The quantitative estimate of drug-likeness (QED) is 0.812. The third kappa shape index (κ3) is 2.28. The van der Waals surface area contributed by atoms with Crippen LogP contribution in [0.5, 0.6) is 0 Å². The molecule has 0 unspecified atom stereocenters. The van der Waals surface area contributed by atoms with Crippen LogP contribution in [0.1, 0.15) is 5.56 Å². The number of anilines is 1. The third-order valence-corrected chi connectivity index (χ3v) is 4.01. The first-order valence-corrected chi connectivity index (χ1v) is 6.69. The SMILES string of the molecule is Nc1ncnn2cc(CN3CCNC(=O)C3)c(Br)c12. The highest BCUT2D eigenvalue weighted by Crippen LogP contribution is 2.28. The molecule has 0 aromatic carbocycles. The second-order valence-electron chi connectivity index (χ2n) is 4.47. The van der Waals surface area contributed by atoms with E-state index in [9.17, 15) is 4.79 Å². The Balaban J connectivity index is 1.91. The van der Waals surface area contributed by atoms with Crippen molar-refractivity contribution in [2.75, 3.05) is 25.4 Å². The van der Waals surface area contributed by atoms with Crippen molar-refractivity contribution in [1.82, 2.24) is 24.8 Å². The number of hydrogen-bond acceptors (Lipinski definition) is 5. The highest BCUT2D eigenvalue weighted by molar-refractivity contribution is 9.10. The van der Waals surface area contributed by atoms with Gasteiger partial charge in [0.1, 0.15) is 11.8 Å². The first kappa shape index (κ1) is 12.4. The molecular formula is C11H13BrN6O. The largest absolute Gasteiger partial charge is 0.382 e. The number of nitrogens with two attached hydrogens (primary N) is 1. The smallest absolute Gasteiger partial charge is 0.234 e. The molecule has 0 atom stereocenters. The van der Waals surface area contributed by atoms with Crippen molar-refractivity contribution in [3.8, 4) is 0 Å². The topological polar surface area (TPSA) is 88.5 Å². The molecule has 3 rings (SSSR count). The van der Waals surface area contributed by atoms with E-state index in [-0.39, 0.29) is 5.91 Å². The summed E-state index contributed by atoms with van der Waals surface area (Å²) in [6.45, 7) is 2.62. The first-order valence-electron chi connectivity index (χ1n) is 5.90. The van der Waals surface area contributed by atoms with E-state index in [2.05, 4.69) is 36.2 Å². The minimum Gasteiger partial charge on any atom is -0.382 e. The lowest BCUT2D eigenvalue weighted by Gasteiger charge is -2.26. The summed E-state index contributed by atoms with van der Waals surface area (Å²) in [5.41, 5.74) is 7.65. The van der Waals surface area contributed by atoms with Crippen LogP contribution in [0, 0.1) is 0 Å². The van der Waals surface area contributed by atoms with Gasteiger partial charge in [-0.1, -0.05) is 0 Å². The van der Waals surface area contributed by atoms with E-state index in [1.54, 1.807) is 4.52 Å². The maximum Gasteiger partial charge on any atom is 0.234 e. The molecule has 0 bridgehead atoms. The Morgan fingerprint density at radius 1 is 1.53 bits per heavy atom. The van der Waals surface area contributed by atoms with Gasteiger partial charge in [0.2, 0.25) is 5.91 Å². The van der Waals surface area contributed by atoms with E-state index in [0.29, 0.717) is 25.5 Å². The number of carbonyl (C=O) groups excluding carboxylic acids is 1. The molecule has 8 heteroatoms. The van der Waals surface area contributed by atoms with Crippen molar-refractivity contribution < 1.29 is 4.79 Å². The van der Waals surface area contributed by atoms with Crippen molar-refractivity contribution in [2.45, 2.75) is 6.54 Å². The fourth-order valence-corrected chi connectivity index (χ4v) is 2.84. The minimum absolute atomic E-state index is 0.0606. The van der Waals surface area contributed by atoms with Crippen LogP contribution < -0.4 is 11.1 Å². The Morgan fingerprint density at radius 2 is 2.37 bits per heavy atom. The van der Waals surface area contributed by atoms with E-state index in [4.69, 9.17) is 5.73 Å². The minimum atomic E-state index is 0.0606. The zero-order chi connectivity index (χ0) is 13.4. The van der Waals surface area contributed by atoms with Crippen molar-refractivity contribution in [1.29, 1.82) is 0 Å². The van der Waals surface area contributed by atoms with Crippen LogP contribution in [0.15, 0.2) is 17.0 Å². The van der Waals surface area contributed by atoms with Crippen LogP contribution >= 0.6 is 15.9 Å². The van der Waals surface area contributed by atoms with Gasteiger partial charge in [-0.3, -0.25) is 9.69 Å². The molecule has 0 saturated carbocycles. The summed E-state index contributed by atoms with van der Waals surface area (Å²) in [7, 11) is 0. The molecular weight excluding hydrogens is 312 g/mol. The van der Waals surface area contributed by atoms with Crippen LogP contribution in [-0.2, 0) is 11.3 Å². The molecule has 2 aromatic heterocycles. The number of hydrogen-bond donors (Lipinski definition) is 2. The number of carbonyl (C=O) groups is 1. The summed E-state index contributed by atoms with van der Waals surface area (Å²) in [5.74, 6) is 0.495.